The molecule has 64 valence electrons. The van der Waals surface area contributed by atoms with E-state index in [0.29, 0.717) is 15.5 Å². The van der Waals surface area contributed by atoms with E-state index < -0.39 is 0 Å². The number of thiocarbonyl (C=S) groups is 1. The van der Waals surface area contributed by atoms with E-state index in [9.17, 15) is 0 Å². The Morgan fingerprint density at radius 1 is 1.42 bits per heavy atom. The zero-order valence-electron chi connectivity index (χ0n) is 7.33. The standard InChI is InChI=1S/C9H12OSSi/c1-2-7-3-5-8(6-4-7)9(11)10-12/h3-6H,2H2,1,12H3. The summed E-state index contributed by atoms with van der Waals surface area (Å²) >= 11 is 5.01. The van der Waals surface area contributed by atoms with Gasteiger partial charge >= 0.3 is 0 Å². The molecule has 0 radical (unpaired) electrons. The van der Waals surface area contributed by atoms with Crippen molar-refractivity contribution in [3.8, 4) is 0 Å². The van der Waals surface area contributed by atoms with Crippen LogP contribution in [-0.4, -0.2) is 15.5 Å². The third kappa shape index (κ3) is 2.15. The Bertz CT molecular complexity index is 268. The lowest BCUT2D eigenvalue weighted by Gasteiger charge is -2.03. The Morgan fingerprint density at radius 2 is 2.00 bits per heavy atom. The van der Waals surface area contributed by atoms with Crippen LogP contribution in [0.4, 0.5) is 0 Å². The molecule has 12 heavy (non-hydrogen) atoms. The molecule has 0 atom stereocenters. The van der Waals surface area contributed by atoms with Crippen LogP contribution in [0, 0.1) is 0 Å². The molecule has 1 aromatic carbocycles. The Labute approximate surface area is 81.3 Å². The molecule has 0 fully saturated rings. The zero-order chi connectivity index (χ0) is 8.97. The van der Waals surface area contributed by atoms with E-state index in [1.165, 1.54) is 5.56 Å². The molecule has 1 nitrogen and oxygen atoms in total. The van der Waals surface area contributed by atoms with Crippen molar-refractivity contribution in [1.82, 2.24) is 0 Å². The van der Waals surface area contributed by atoms with E-state index >= 15 is 0 Å². The van der Waals surface area contributed by atoms with Gasteiger partial charge in [-0.25, -0.2) is 0 Å². The third-order valence-electron chi connectivity index (χ3n) is 1.78. The molecule has 0 saturated heterocycles. The highest BCUT2D eigenvalue weighted by Gasteiger charge is 1.97. The molecule has 0 amide bonds. The van der Waals surface area contributed by atoms with Gasteiger partial charge in [0.2, 0.25) is 10.5 Å². The number of hydrogen-bond acceptors (Lipinski definition) is 2. The number of aryl methyl sites for hydroxylation is 1. The van der Waals surface area contributed by atoms with Gasteiger partial charge in [0.1, 0.15) is 0 Å². The van der Waals surface area contributed by atoms with Crippen LogP contribution in [0.25, 0.3) is 0 Å². The van der Waals surface area contributed by atoms with Gasteiger partial charge in [0.25, 0.3) is 0 Å². The molecule has 0 spiro atoms. The minimum Gasteiger partial charge on any atom is -0.545 e. The second-order valence-corrected chi connectivity index (χ2v) is 3.32. The van der Waals surface area contributed by atoms with Gasteiger partial charge in [-0.05, 0) is 24.2 Å². The SMILES string of the molecule is CCc1ccc(C(=S)O[SiH3])cc1. The molecule has 0 aliphatic carbocycles. The summed E-state index contributed by atoms with van der Waals surface area (Å²) in [6.07, 6.45) is 1.06. The summed E-state index contributed by atoms with van der Waals surface area (Å²) in [4.78, 5) is 0. The fourth-order valence-electron chi connectivity index (χ4n) is 0.994. The van der Waals surface area contributed by atoms with Gasteiger partial charge in [-0.15, -0.1) is 0 Å². The van der Waals surface area contributed by atoms with Crippen molar-refractivity contribution in [2.24, 2.45) is 0 Å². The van der Waals surface area contributed by atoms with Gasteiger partial charge in [-0.2, -0.15) is 0 Å². The van der Waals surface area contributed by atoms with Gasteiger partial charge in [-0.1, -0.05) is 31.2 Å². The van der Waals surface area contributed by atoms with Gasteiger partial charge < -0.3 is 4.43 Å². The molecule has 0 saturated carbocycles. The lowest BCUT2D eigenvalue weighted by molar-refractivity contribution is 0.632. The summed E-state index contributed by atoms with van der Waals surface area (Å²) in [6.45, 7) is 2.14. The van der Waals surface area contributed by atoms with E-state index in [0.717, 1.165) is 12.0 Å². The number of hydrogen-bond donors (Lipinski definition) is 0. The van der Waals surface area contributed by atoms with Crippen molar-refractivity contribution in [3.05, 3.63) is 35.4 Å². The Balaban J connectivity index is 2.84. The summed E-state index contributed by atoms with van der Waals surface area (Å²) in [5.41, 5.74) is 2.34. The van der Waals surface area contributed by atoms with Crippen molar-refractivity contribution < 1.29 is 4.43 Å². The molecule has 0 aliphatic heterocycles. The molecule has 0 unspecified atom stereocenters. The maximum absolute atomic E-state index is 5.08. The smallest absolute Gasteiger partial charge is 0.205 e. The highest BCUT2D eigenvalue weighted by molar-refractivity contribution is 7.80. The van der Waals surface area contributed by atoms with E-state index in [2.05, 4.69) is 19.1 Å². The van der Waals surface area contributed by atoms with Crippen LogP contribution in [0.15, 0.2) is 24.3 Å². The second-order valence-electron chi connectivity index (χ2n) is 2.54. The van der Waals surface area contributed by atoms with Gasteiger partial charge in [-0.3, -0.25) is 0 Å². The van der Waals surface area contributed by atoms with Crippen molar-refractivity contribution in [2.45, 2.75) is 13.3 Å². The summed E-state index contributed by atoms with van der Waals surface area (Å²) in [6, 6.07) is 8.20. The summed E-state index contributed by atoms with van der Waals surface area (Å²) in [5.74, 6) is 0. The molecule has 1 rings (SSSR count). The predicted molar refractivity (Wildman–Crippen MR) is 58.5 cm³/mol. The third-order valence-corrected chi connectivity index (χ3v) is 2.89. The zero-order valence-corrected chi connectivity index (χ0v) is 10.1. The molecular weight excluding hydrogens is 184 g/mol. The first kappa shape index (κ1) is 9.42. The van der Waals surface area contributed by atoms with E-state index in [1.807, 2.05) is 12.1 Å². The molecule has 0 bridgehead atoms. The van der Waals surface area contributed by atoms with Crippen LogP contribution >= 0.6 is 12.2 Å². The quantitative estimate of drug-likeness (QED) is 0.519. The van der Waals surface area contributed by atoms with Crippen molar-refractivity contribution in [2.75, 3.05) is 0 Å². The highest BCUT2D eigenvalue weighted by atomic mass is 32.1. The van der Waals surface area contributed by atoms with Crippen LogP contribution < -0.4 is 0 Å². The predicted octanol–water partition coefficient (Wildman–Crippen LogP) is 1.22. The first-order valence-corrected chi connectivity index (χ1v) is 5.17. The van der Waals surface area contributed by atoms with E-state index in [4.69, 9.17) is 16.6 Å². The largest absolute Gasteiger partial charge is 0.545 e. The first-order valence-electron chi connectivity index (χ1n) is 3.95. The number of rotatable bonds is 2. The maximum atomic E-state index is 5.08. The van der Waals surface area contributed by atoms with Crippen molar-refractivity contribution in [3.63, 3.8) is 0 Å². The average molecular weight is 196 g/mol. The minimum absolute atomic E-state index is 0.615. The average Bonchev–Trinajstić information content (AvgIpc) is 2.17. The van der Waals surface area contributed by atoms with Crippen molar-refractivity contribution in [1.29, 1.82) is 0 Å². The molecule has 1 aromatic rings. The monoisotopic (exact) mass is 196 g/mol. The van der Waals surface area contributed by atoms with E-state index in [-0.39, 0.29) is 0 Å². The fraction of sp³-hybridized carbons (Fsp3) is 0.222. The van der Waals surface area contributed by atoms with Gasteiger partial charge in [0, 0.05) is 5.56 Å². The van der Waals surface area contributed by atoms with Gasteiger partial charge in [0.05, 0.1) is 0 Å². The molecular formula is C9H12OSSi. The Morgan fingerprint density at radius 3 is 2.42 bits per heavy atom. The normalized spacial score (nSPS) is 9.75. The fourth-order valence-corrected chi connectivity index (χ4v) is 1.37. The van der Waals surface area contributed by atoms with Crippen molar-refractivity contribution >= 4 is 27.8 Å². The van der Waals surface area contributed by atoms with Crippen LogP contribution in [0.3, 0.4) is 0 Å². The van der Waals surface area contributed by atoms with Crippen LogP contribution in [-0.2, 0) is 10.8 Å². The number of benzene rings is 1. The van der Waals surface area contributed by atoms with Crippen LogP contribution in [0.2, 0.25) is 0 Å². The highest BCUT2D eigenvalue weighted by Crippen LogP contribution is 2.06. The van der Waals surface area contributed by atoms with Gasteiger partial charge in [0.15, 0.2) is 5.05 Å². The molecule has 0 heterocycles. The topological polar surface area (TPSA) is 9.23 Å². The lowest BCUT2D eigenvalue weighted by atomic mass is 10.1. The second kappa shape index (κ2) is 4.38. The summed E-state index contributed by atoms with van der Waals surface area (Å²) < 4.78 is 5.08. The first-order chi connectivity index (χ1) is 5.77. The summed E-state index contributed by atoms with van der Waals surface area (Å²) in [7, 11) is 0.666. The summed E-state index contributed by atoms with van der Waals surface area (Å²) in [5, 5.41) is 0.615. The molecule has 3 heteroatoms. The molecule has 0 aromatic heterocycles. The Kier molecular flexibility index (Phi) is 3.43. The van der Waals surface area contributed by atoms with Crippen LogP contribution in [0.5, 0.6) is 0 Å². The maximum Gasteiger partial charge on any atom is 0.205 e. The minimum atomic E-state index is 0.615. The lowest BCUT2D eigenvalue weighted by Crippen LogP contribution is -2.00. The Hall–Kier alpha value is -0.673. The molecule has 0 N–H and O–H groups in total. The van der Waals surface area contributed by atoms with Crippen LogP contribution in [0.1, 0.15) is 18.1 Å². The molecule has 0 aliphatic rings. The van der Waals surface area contributed by atoms with E-state index in [1.54, 1.807) is 0 Å².